The molecule has 2 atom stereocenters. The lowest BCUT2D eigenvalue weighted by Crippen LogP contribution is -2.39. The second kappa shape index (κ2) is 3.35. The molecule has 1 heterocycles. The number of piperidine rings is 1. The summed E-state index contributed by atoms with van der Waals surface area (Å²) in [5.41, 5.74) is 0. The van der Waals surface area contributed by atoms with E-state index in [0.29, 0.717) is 0 Å². The topological polar surface area (TPSA) is 32.3 Å². The molecule has 0 spiro atoms. The fourth-order valence-electron chi connectivity index (χ4n) is 1.53. The van der Waals surface area contributed by atoms with Gasteiger partial charge in [-0.2, -0.15) is 0 Å². The molecule has 0 radical (unpaired) electrons. The maximum atomic E-state index is 9.22. The molecule has 2 nitrogen and oxygen atoms in total. The smallest absolute Gasteiger partial charge is 0.105 e. The molecule has 0 aromatic carbocycles. The van der Waals surface area contributed by atoms with Gasteiger partial charge in [0.15, 0.2) is 0 Å². The molecule has 10 heavy (non-hydrogen) atoms. The summed E-state index contributed by atoms with van der Waals surface area (Å²) in [5.74, 6) is 1.44. The van der Waals surface area contributed by atoms with Gasteiger partial charge in [-0.05, 0) is 31.2 Å². The number of nitrogens with one attached hydrogen (secondary N) is 1. The molecule has 1 aliphatic rings. The predicted molar refractivity (Wildman–Crippen MR) is 41.6 cm³/mol. The second-order valence-electron chi connectivity index (χ2n) is 3.50. The Bertz CT molecular complexity index is 103. The van der Waals surface area contributed by atoms with E-state index in [1.165, 1.54) is 6.42 Å². The van der Waals surface area contributed by atoms with Crippen molar-refractivity contribution >= 4 is 0 Å². The van der Waals surface area contributed by atoms with Crippen LogP contribution in [0.2, 0.25) is 0 Å². The molecule has 0 amide bonds. The van der Waals surface area contributed by atoms with Crippen LogP contribution >= 0.6 is 0 Å². The number of aliphatic hydroxyl groups excluding tert-OH is 1. The van der Waals surface area contributed by atoms with Gasteiger partial charge in [0.05, 0.1) is 0 Å². The highest BCUT2D eigenvalue weighted by molar-refractivity contribution is 4.73. The summed E-state index contributed by atoms with van der Waals surface area (Å²) >= 11 is 0. The largest absolute Gasteiger partial charge is 0.379 e. The lowest BCUT2D eigenvalue weighted by Gasteiger charge is -2.29. The predicted octanol–water partition coefficient (Wildman–Crippen LogP) is 0.960. The average molecular weight is 143 g/mol. The molecule has 0 aromatic heterocycles. The quantitative estimate of drug-likeness (QED) is 0.573. The molecular weight excluding hydrogens is 126 g/mol. The van der Waals surface area contributed by atoms with Gasteiger partial charge in [-0.1, -0.05) is 13.8 Å². The molecule has 0 unspecified atom stereocenters. The van der Waals surface area contributed by atoms with Gasteiger partial charge in [-0.3, -0.25) is 5.32 Å². The standard InChI is InChI=1S/C8H17NO/c1-6(2)7-3-4-9-8(10)5-7/h6-10H,3-5H2,1-2H3/t7-,8+/m0/s1. The molecule has 0 saturated carbocycles. The van der Waals surface area contributed by atoms with Crippen LogP contribution in [0.4, 0.5) is 0 Å². The Labute approximate surface area is 62.6 Å². The maximum Gasteiger partial charge on any atom is 0.105 e. The van der Waals surface area contributed by atoms with Gasteiger partial charge in [0.2, 0.25) is 0 Å². The molecule has 1 aliphatic heterocycles. The minimum atomic E-state index is -0.249. The molecule has 1 fully saturated rings. The Kier molecular flexibility index (Phi) is 2.69. The number of rotatable bonds is 1. The van der Waals surface area contributed by atoms with E-state index in [1.54, 1.807) is 0 Å². The summed E-state index contributed by atoms with van der Waals surface area (Å²) in [7, 11) is 0. The summed E-state index contributed by atoms with van der Waals surface area (Å²) in [6, 6.07) is 0. The third kappa shape index (κ3) is 1.96. The summed E-state index contributed by atoms with van der Waals surface area (Å²) in [6.45, 7) is 5.43. The molecule has 0 aromatic rings. The van der Waals surface area contributed by atoms with E-state index in [4.69, 9.17) is 0 Å². The van der Waals surface area contributed by atoms with Crippen LogP contribution in [0.25, 0.3) is 0 Å². The van der Waals surface area contributed by atoms with Gasteiger partial charge in [0.25, 0.3) is 0 Å². The van der Waals surface area contributed by atoms with Crippen molar-refractivity contribution in [2.45, 2.75) is 32.9 Å². The highest BCUT2D eigenvalue weighted by Gasteiger charge is 2.21. The van der Waals surface area contributed by atoms with Crippen molar-refractivity contribution < 1.29 is 5.11 Å². The Morgan fingerprint density at radius 3 is 2.60 bits per heavy atom. The van der Waals surface area contributed by atoms with E-state index in [-0.39, 0.29) is 6.23 Å². The Balaban J connectivity index is 2.32. The molecule has 1 saturated heterocycles. The van der Waals surface area contributed by atoms with Crippen molar-refractivity contribution in [3.8, 4) is 0 Å². The van der Waals surface area contributed by atoms with Gasteiger partial charge in [0, 0.05) is 0 Å². The first kappa shape index (κ1) is 8.02. The van der Waals surface area contributed by atoms with Crippen LogP contribution in [-0.4, -0.2) is 17.9 Å². The van der Waals surface area contributed by atoms with Gasteiger partial charge in [0.1, 0.15) is 6.23 Å². The molecule has 60 valence electrons. The zero-order valence-corrected chi connectivity index (χ0v) is 6.80. The highest BCUT2D eigenvalue weighted by atomic mass is 16.3. The minimum Gasteiger partial charge on any atom is -0.379 e. The zero-order chi connectivity index (χ0) is 7.56. The maximum absolute atomic E-state index is 9.22. The zero-order valence-electron chi connectivity index (χ0n) is 6.80. The van der Waals surface area contributed by atoms with Crippen LogP contribution in [-0.2, 0) is 0 Å². The van der Waals surface area contributed by atoms with Crippen molar-refractivity contribution in [2.75, 3.05) is 6.54 Å². The first-order valence-electron chi connectivity index (χ1n) is 4.11. The number of hydrogen-bond donors (Lipinski definition) is 2. The lowest BCUT2D eigenvalue weighted by molar-refractivity contribution is 0.0675. The first-order valence-corrected chi connectivity index (χ1v) is 4.11. The second-order valence-corrected chi connectivity index (χ2v) is 3.50. The Hall–Kier alpha value is -0.0800. The first-order chi connectivity index (χ1) is 4.70. The molecule has 0 bridgehead atoms. The van der Waals surface area contributed by atoms with Crippen molar-refractivity contribution in [3.05, 3.63) is 0 Å². The van der Waals surface area contributed by atoms with Crippen LogP contribution < -0.4 is 5.32 Å². The monoisotopic (exact) mass is 143 g/mol. The highest BCUT2D eigenvalue weighted by Crippen LogP contribution is 2.22. The van der Waals surface area contributed by atoms with Crippen LogP contribution in [0, 0.1) is 11.8 Å². The Morgan fingerprint density at radius 1 is 1.50 bits per heavy atom. The summed E-state index contributed by atoms with van der Waals surface area (Å²) in [4.78, 5) is 0. The summed E-state index contributed by atoms with van der Waals surface area (Å²) < 4.78 is 0. The average Bonchev–Trinajstić information content (AvgIpc) is 1.88. The summed E-state index contributed by atoms with van der Waals surface area (Å²) in [5, 5.41) is 12.2. The molecule has 2 N–H and O–H groups in total. The molecule has 2 heteroatoms. The normalized spacial score (nSPS) is 34.8. The SMILES string of the molecule is CC(C)[C@H]1CCN[C@H](O)C1. The van der Waals surface area contributed by atoms with E-state index >= 15 is 0 Å². The van der Waals surface area contributed by atoms with Gasteiger partial charge < -0.3 is 5.11 Å². The van der Waals surface area contributed by atoms with E-state index in [0.717, 1.165) is 24.8 Å². The number of aliphatic hydroxyl groups is 1. The van der Waals surface area contributed by atoms with Crippen LogP contribution in [0.3, 0.4) is 0 Å². The molecule has 0 aliphatic carbocycles. The van der Waals surface area contributed by atoms with E-state index in [1.807, 2.05) is 0 Å². The van der Waals surface area contributed by atoms with E-state index < -0.39 is 0 Å². The molecule has 1 rings (SSSR count). The van der Waals surface area contributed by atoms with E-state index in [9.17, 15) is 5.11 Å². The fourth-order valence-corrected chi connectivity index (χ4v) is 1.53. The van der Waals surface area contributed by atoms with Crippen LogP contribution in [0.15, 0.2) is 0 Å². The van der Waals surface area contributed by atoms with Crippen LogP contribution in [0.5, 0.6) is 0 Å². The fraction of sp³-hybridized carbons (Fsp3) is 1.00. The Morgan fingerprint density at radius 2 is 2.20 bits per heavy atom. The molecular formula is C8H17NO. The summed E-state index contributed by atoms with van der Waals surface area (Å²) in [6.07, 6.45) is 1.90. The van der Waals surface area contributed by atoms with Crippen LogP contribution in [0.1, 0.15) is 26.7 Å². The van der Waals surface area contributed by atoms with Crippen molar-refractivity contribution in [1.82, 2.24) is 5.32 Å². The number of hydrogen-bond acceptors (Lipinski definition) is 2. The van der Waals surface area contributed by atoms with Gasteiger partial charge in [-0.25, -0.2) is 0 Å². The third-order valence-electron chi connectivity index (χ3n) is 2.36. The third-order valence-corrected chi connectivity index (χ3v) is 2.36. The van der Waals surface area contributed by atoms with Crippen molar-refractivity contribution in [3.63, 3.8) is 0 Å². The van der Waals surface area contributed by atoms with Crippen molar-refractivity contribution in [2.24, 2.45) is 11.8 Å². The van der Waals surface area contributed by atoms with Gasteiger partial charge >= 0.3 is 0 Å². The van der Waals surface area contributed by atoms with E-state index in [2.05, 4.69) is 19.2 Å². The van der Waals surface area contributed by atoms with Crippen molar-refractivity contribution in [1.29, 1.82) is 0 Å². The van der Waals surface area contributed by atoms with Gasteiger partial charge in [-0.15, -0.1) is 0 Å². The minimum absolute atomic E-state index is 0.249. The lowest BCUT2D eigenvalue weighted by atomic mass is 9.87.